The quantitative estimate of drug-likeness (QED) is 0.427. The zero-order valence-electron chi connectivity index (χ0n) is 19.9. The van der Waals surface area contributed by atoms with Gasteiger partial charge in [0, 0.05) is 44.0 Å². The van der Waals surface area contributed by atoms with Crippen LogP contribution in [0.25, 0.3) is 0 Å². The first-order valence-electron chi connectivity index (χ1n) is 11.9. The zero-order chi connectivity index (χ0) is 25.5. The minimum absolute atomic E-state index is 0.195. The lowest BCUT2D eigenvalue weighted by molar-refractivity contribution is -0.137. The second kappa shape index (κ2) is 11.8. The van der Waals surface area contributed by atoms with Crippen molar-refractivity contribution >= 4 is 27.3 Å². The summed E-state index contributed by atoms with van der Waals surface area (Å²) in [6.45, 7) is 4.79. The highest BCUT2D eigenvalue weighted by Crippen LogP contribution is 2.31. The number of unbranched alkanes of at least 4 members (excludes halogenated alkanes) is 4. The van der Waals surface area contributed by atoms with Crippen molar-refractivity contribution < 1.29 is 26.4 Å². The summed E-state index contributed by atoms with van der Waals surface area (Å²) in [4.78, 5) is 16.0. The predicted octanol–water partition coefficient (Wildman–Crippen LogP) is 5.52. The molecule has 2 aromatic rings. The highest BCUT2D eigenvalue weighted by Gasteiger charge is 2.31. The van der Waals surface area contributed by atoms with Crippen LogP contribution in [0.1, 0.15) is 51.0 Å². The molecule has 1 fully saturated rings. The second-order valence-electron chi connectivity index (χ2n) is 8.71. The van der Waals surface area contributed by atoms with Crippen LogP contribution >= 0.6 is 0 Å². The maximum atomic E-state index is 12.9. The number of nitrogens with zero attached hydrogens (tertiary/aromatic N) is 2. The van der Waals surface area contributed by atoms with Crippen LogP contribution in [-0.4, -0.2) is 45.4 Å². The highest BCUT2D eigenvalue weighted by atomic mass is 32.2. The van der Waals surface area contributed by atoms with Crippen LogP contribution in [0.15, 0.2) is 53.4 Å². The number of halogens is 3. The first kappa shape index (κ1) is 26.8. The van der Waals surface area contributed by atoms with Crippen molar-refractivity contribution in [2.24, 2.45) is 0 Å². The molecule has 1 aliphatic rings. The number of anilines is 2. The standard InChI is InChI=1S/C25H32F3N3O3S/c1-2-3-4-5-6-10-24(32)31-17-15-30(16-18-31)22-13-11-21(12-14-22)29-35(33,34)23-9-7-8-20(19-23)25(26,27)28/h7-9,11-14,19,29H,2-6,10,15-18H2,1H3. The van der Waals surface area contributed by atoms with Gasteiger partial charge in [0.05, 0.1) is 10.5 Å². The fraction of sp³-hybridized carbons (Fsp3) is 0.480. The molecule has 10 heteroatoms. The highest BCUT2D eigenvalue weighted by molar-refractivity contribution is 7.92. The van der Waals surface area contributed by atoms with Crippen molar-refractivity contribution in [1.29, 1.82) is 0 Å². The van der Waals surface area contributed by atoms with E-state index >= 15 is 0 Å². The van der Waals surface area contributed by atoms with Crippen molar-refractivity contribution in [3.05, 3.63) is 54.1 Å². The summed E-state index contributed by atoms with van der Waals surface area (Å²) in [6, 6.07) is 10.3. The Morgan fingerprint density at radius 2 is 1.60 bits per heavy atom. The normalized spacial score (nSPS) is 14.7. The fourth-order valence-corrected chi connectivity index (χ4v) is 5.15. The molecule has 1 amide bonds. The van der Waals surface area contributed by atoms with E-state index in [0.717, 1.165) is 36.7 Å². The third kappa shape index (κ3) is 7.62. The fourth-order valence-electron chi connectivity index (χ4n) is 4.05. The summed E-state index contributed by atoms with van der Waals surface area (Å²) >= 11 is 0. The van der Waals surface area contributed by atoms with Crippen LogP contribution in [0.2, 0.25) is 0 Å². The van der Waals surface area contributed by atoms with E-state index in [0.29, 0.717) is 38.7 Å². The van der Waals surface area contributed by atoms with Gasteiger partial charge in [0.2, 0.25) is 5.91 Å². The van der Waals surface area contributed by atoms with E-state index in [-0.39, 0.29) is 11.6 Å². The number of carbonyl (C=O) groups is 1. The Labute approximate surface area is 205 Å². The number of carbonyl (C=O) groups excluding carboxylic acids is 1. The molecule has 3 rings (SSSR count). The number of amides is 1. The van der Waals surface area contributed by atoms with Crippen molar-refractivity contribution in [3.8, 4) is 0 Å². The first-order chi connectivity index (χ1) is 16.6. The lowest BCUT2D eigenvalue weighted by atomic mass is 10.1. The molecular weight excluding hydrogens is 479 g/mol. The Morgan fingerprint density at radius 3 is 2.23 bits per heavy atom. The van der Waals surface area contributed by atoms with Crippen molar-refractivity contribution in [2.45, 2.75) is 56.5 Å². The van der Waals surface area contributed by atoms with Gasteiger partial charge in [-0.25, -0.2) is 8.42 Å². The lowest BCUT2D eigenvalue weighted by Crippen LogP contribution is -2.48. The van der Waals surface area contributed by atoms with Crippen LogP contribution < -0.4 is 9.62 Å². The molecule has 0 bridgehead atoms. The molecule has 0 saturated carbocycles. The van der Waals surface area contributed by atoms with E-state index in [1.165, 1.54) is 19.3 Å². The molecule has 0 radical (unpaired) electrons. The molecule has 1 N–H and O–H groups in total. The van der Waals surface area contributed by atoms with E-state index < -0.39 is 26.7 Å². The number of hydrogen-bond acceptors (Lipinski definition) is 4. The minimum atomic E-state index is -4.63. The molecule has 0 unspecified atom stereocenters. The SMILES string of the molecule is CCCCCCCC(=O)N1CCN(c2ccc(NS(=O)(=O)c3cccc(C(F)(F)F)c3)cc2)CC1. The van der Waals surface area contributed by atoms with E-state index in [9.17, 15) is 26.4 Å². The van der Waals surface area contributed by atoms with Gasteiger partial charge >= 0.3 is 6.18 Å². The number of hydrogen-bond donors (Lipinski definition) is 1. The zero-order valence-corrected chi connectivity index (χ0v) is 20.7. The summed E-state index contributed by atoms with van der Waals surface area (Å²) in [7, 11) is -4.17. The average Bonchev–Trinajstić information content (AvgIpc) is 2.84. The van der Waals surface area contributed by atoms with Gasteiger partial charge in [-0.3, -0.25) is 9.52 Å². The van der Waals surface area contributed by atoms with Crippen LogP contribution in [0.3, 0.4) is 0 Å². The third-order valence-corrected chi connectivity index (χ3v) is 7.46. The van der Waals surface area contributed by atoms with Crippen LogP contribution in [0.5, 0.6) is 0 Å². The summed E-state index contributed by atoms with van der Waals surface area (Å²) in [5, 5.41) is 0. The molecule has 0 atom stereocenters. The van der Waals surface area contributed by atoms with Crippen molar-refractivity contribution in [2.75, 3.05) is 35.8 Å². The van der Waals surface area contributed by atoms with Crippen LogP contribution in [0.4, 0.5) is 24.5 Å². The van der Waals surface area contributed by atoms with Gasteiger partial charge in [-0.1, -0.05) is 38.7 Å². The summed E-state index contributed by atoms with van der Waals surface area (Å²) in [5.74, 6) is 0.195. The predicted molar refractivity (Wildman–Crippen MR) is 131 cm³/mol. The lowest BCUT2D eigenvalue weighted by Gasteiger charge is -2.36. The average molecular weight is 512 g/mol. The van der Waals surface area contributed by atoms with E-state index in [4.69, 9.17) is 0 Å². The Hall–Kier alpha value is -2.75. The van der Waals surface area contributed by atoms with Gasteiger partial charge in [0.1, 0.15) is 0 Å². The Balaban J connectivity index is 1.53. The van der Waals surface area contributed by atoms with E-state index in [1.807, 2.05) is 4.90 Å². The van der Waals surface area contributed by atoms with Gasteiger partial charge in [0.25, 0.3) is 10.0 Å². The molecule has 1 saturated heterocycles. The molecule has 1 heterocycles. The molecule has 0 aliphatic carbocycles. The summed E-state index contributed by atoms with van der Waals surface area (Å²) < 4.78 is 66.2. The largest absolute Gasteiger partial charge is 0.416 e. The van der Waals surface area contributed by atoms with Gasteiger partial charge in [-0.05, 0) is 48.9 Å². The number of piperazine rings is 1. The van der Waals surface area contributed by atoms with Crippen LogP contribution in [0, 0.1) is 0 Å². The van der Waals surface area contributed by atoms with Gasteiger partial charge < -0.3 is 9.80 Å². The molecule has 0 spiro atoms. The number of sulfonamides is 1. The monoisotopic (exact) mass is 511 g/mol. The Kier molecular flexibility index (Phi) is 9.04. The number of nitrogens with one attached hydrogen (secondary N) is 1. The van der Waals surface area contributed by atoms with Crippen molar-refractivity contribution in [1.82, 2.24) is 4.90 Å². The molecule has 6 nitrogen and oxygen atoms in total. The summed E-state index contributed by atoms with van der Waals surface area (Å²) in [6.07, 6.45) is 1.53. The van der Waals surface area contributed by atoms with Gasteiger partial charge in [-0.2, -0.15) is 13.2 Å². The van der Waals surface area contributed by atoms with Gasteiger partial charge in [-0.15, -0.1) is 0 Å². The number of alkyl halides is 3. The Bertz CT molecular complexity index is 1080. The molecule has 192 valence electrons. The third-order valence-electron chi connectivity index (χ3n) is 6.08. The minimum Gasteiger partial charge on any atom is -0.368 e. The van der Waals surface area contributed by atoms with E-state index in [2.05, 4.69) is 16.5 Å². The maximum Gasteiger partial charge on any atom is 0.416 e. The topological polar surface area (TPSA) is 69.7 Å². The maximum absolute atomic E-state index is 12.9. The van der Waals surface area contributed by atoms with Crippen LogP contribution in [-0.2, 0) is 21.0 Å². The second-order valence-corrected chi connectivity index (χ2v) is 10.4. The first-order valence-corrected chi connectivity index (χ1v) is 13.4. The summed E-state index contributed by atoms with van der Waals surface area (Å²) in [5.41, 5.74) is 0.117. The smallest absolute Gasteiger partial charge is 0.368 e. The molecule has 0 aromatic heterocycles. The van der Waals surface area contributed by atoms with E-state index in [1.54, 1.807) is 24.3 Å². The number of benzene rings is 2. The number of rotatable bonds is 10. The molecule has 2 aromatic carbocycles. The Morgan fingerprint density at radius 1 is 0.943 bits per heavy atom. The molecule has 35 heavy (non-hydrogen) atoms. The van der Waals surface area contributed by atoms with Gasteiger partial charge in [0.15, 0.2) is 0 Å². The molecule has 1 aliphatic heterocycles. The van der Waals surface area contributed by atoms with Crippen molar-refractivity contribution in [3.63, 3.8) is 0 Å². The molecular formula is C25H32F3N3O3S.